The van der Waals surface area contributed by atoms with E-state index in [1.165, 1.54) is 5.69 Å². The summed E-state index contributed by atoms with van der Waals surface area (Å²) < 4.78 is 0. The Morgan fingerprint density at radius 2 is 1.74 bits per heavy atom. The van der Waals surface area contributed by atoms with Gasteiger partial charge in [-0.15, -0.1) is 0 Å². The van der Waals surface area contributed by atoms with Crippen LogP contribution < -0.4 is 15.5 Å². The van der Waals surface area contributed by atoms with Gasteiger partial charge in [-0.1, -0.05) is 6.92 Å². The van der Waals surface area contributed by atoms with Crippen molar-refractivity contribution in [2.24, 2.45) is 0 Å². The summed E-state index contributed by atoms with van der Waals surface area (Å²) in [6.07, 6.45) is 0.963. The van der Waals surface area contributed by atoms with E-state index in [9.17, 15) is 4.79 Å². The standard InChI is InChI=1S/C15H25N3O/c1-4-11-16-15(19)12-17-13-7-9-14(10-8-13)18(5-2)6-3/h7-10,17H,4-6,11-12H2,1-3H3,(H,16,19). The zero-order valence-corrected chi connectivity index (χ0v) is 12.2. The Bertz CT molecular complexity index is 371. The Morgan fingerprint density at radius 3 is 2.26 bits per heavy atom. The third-order valence-electron chi connectivity index (χ3n) is 3.02. The van der Waals surface area contributed by atoms with E-state index >= 15 is 0 Å². The van der Waals surface area contributed by atoms with Gasteiger partial charge in [0.15, 0.2) is 0 Å². The molecule has 0 atom stereocenters. The Labute approximate surface area is 116 Å². The van der Waals surface area contributed by atoms with Crippen molar-refractivity contribution >= 4 is 17.3 Å². The smallest absolute Gasteiger partial charge is 0.239 e. The fraction of sp³-hybridized carbons (Fsp3) is 0.533. The molecule has 19 heavy (non-hydrogen) atoms. The van der Waals surface area contributed by atoms with Crippen molar-refractivity contribution < 1.29 is 4.79 Å². The molecule has 0 aromatic heterocycles. The van der Waals surface area contributed by atoms with Gasteiger partial charge in [0.2, 0.25) is 5.91 Å². The molecule has 0 heterocycles. The van der Waals surface area contributed by atoms with Gasteiger partial charge >= 0.3 is 0 Å². The molecule has 0 unspecified atom stereocenters. The molecule has 0 aliphatic rings. The largest absolute Gasteiger partial charge is 0.376 e. The minimum atomic E-state index is 0.0367. The fourth-order valence-electron chi connectivity index (χ4n) is 1.89. The molecule has 2 N–H and O–H groups in total. The molecule has 1 aromatic rings. The average Bonchev–Trinajstić information content (AvgIpc) is 2.45. The van der Waals surface area contributed by atoms with Crippen LogP contribution in [0.5, 0.6) is 0 Å². The molecular weight excluding hydrogens is 238 g/mol. The van der Waals surface area contributed by atoms with E-state index in [0.29, 0.717) is 6.54 Å². The second-order valence-corrected chi connectivity index (χ2v) is 4.42. The number of carbonyl (C=O) groups is 1. The van der Waals surface area contributed by atoms with E-state index in [1.807, 2.05) is 19.1 Å². The Kier molecular flexibility index (Phi) is 6.79. The van der Waals surface area contributed by atoms with Crippen molar-refractivity contribution in [3.8, 4) is 0 Å². The van der Waals surface area contributed by atoms with E-state index in [-0.39, 0.29) is 5.91 Å². The van der Waals surface area contributed by atoms with Gasteiger partial charge in [-0.05, 0) is 44.5 Å². The zero-order valence-electron chi connectivity index (χ0n) is 12.2. The Hall–Kier alpha value is -1.71. The maximum Gasteiger partial charge on any atom is 0.239 e. The highest BCUT2D eigenvalue weighted by atomic mass is 16.1. The highest BCUT2D eigenvalue weighted by Crippen LogP contribution is 2.17. The number of rotatable bonds is 8. The van der Waals surface area contributed by atoms with Gasteiger partial charge in [-0.3, -0.25) is 4.79 Å². The lowest BCUT2D eigenvalue weighted by molar-refractivity contribution is -0.119. The number of amides is 1. The van der Waals surface area contributed by atoms with Crippen molar-refractivity contribution in [3.05, 3.63) is 24.3 Å². The van der Waals surface area contributed by atoms with Gasteiger partial charge in [-0.2, -0.15) is 0 Å². The lowest BCUT2D eigenvalue weighted by Crippen LogP contribution is -2.30. The van der Waals surface area contributed by atoms with E-state index in [2.05, 4.69) is 41.5 Å². The second kappa shape index (κ2) is 8.40. The SMILES string of the molecule is CCCNC(=O)CNc1ccc(N(CC)CC)cc1. The van der Waals surface area contributed by atoms with Crippen LogP contribution in [0.15, 0.2) is 24.3 Å². The Morgan fingerprint density at radius 1 is 1.11 bits per heavy atom. The van der Waals surface area contributed by atoms with Gasteiger partial charge in [0.25, 0.3) is 0 Å². The lowest BCUT2D eigenvalue weighted by Gasteiger charge is -2.21. The summed E-state index contributed by atoms with van der Waals surface area (Å²) in [5.41, 5.74) is 2.19. The molecule has 0 aliphatic carbocycles. The van der Waals surface area contributed by atoms with Gasteiger partial charge in [0.1, 0.15) is 0 Å². The third-order valence-corrected chi connectivity index (χ3v) is 3.02. The van der Waals surface area contributed by atoms with Crippen LogP contribution in [0.1, 0.15) is 27.2 Å². The van der Waals surface area contributed by atoms with E-state index < -0.39 is 0 Å². The molecular formula is C15H25N3O. The maximum atomic E-state index is 11.5. The van der Waals surface area contributed by atoms with Crippen molar-refractivity contribution in [2.75, 3.05) is 36.4 Å². The second-order valence-electron chi connectivity index (χ2n) is 4.42. The van der Waals surface area contributed by atoms with Gasteiger partial charge in [0, 0.05) is 31.0 Å². The molecule has 0 spiro atoms. The van der Waals surface area contributed by atoms with Gasteiger partial charge in [0.05, 0.1) is 6.54 Å². The first kappa shape index (κ1) is 15.3. The normalized spacial score (nSPS) is 10.1. The third kappa shape index (κ3) is 5.20. The first-order valence-corrected chi connectivity index (χ1v) is 7.06. The predicted molar refractivity (Wildman–Crippen MR) is 81.8 cm³/mol. The molecule has 106 valence electrons. The molecule has 1 rings (SSSR count). The van der Waals surface area contributed by atoms with Gasteiger partial charge in [-0.25, -0.2) is 0 Å². The van der Waals surface area contributed by atoms with Crippen molar-refractivity contribution in [3.63, 3.8) is 0 Å². The fourth-order valence-corrected chi connectivity index (χ4v) is 1.89. The Balaban J connectivity index is 2.46. The van der Waals surface area contributed by atoms with Crippen LogP contribution in [0.4, 0.5) is 11.4 Å². The van der Waals surface area contributed by atoms with Crippen LogP contribution in [0.25, 0.3) is 0 Å². The number of hydrogen-bond donors (Lipinski definition) is 2. The van der Waals surface area contributed by atoms with Crippen molar-refractivity contribution in [1.82, 2.24) is 5.32 Å². The summed E-state index contributed by atoms with van der Waals surface area (Å²) in [5.74, 6) is 0.0367. The molecule has 0 radical (unpaired) electrons. The maximum absolute atomic E-state index is 11.5. The van der Waals surface area contributed by atoms with E-state index in [4.69, 9.17) is 0 Å². The van der Waals surface area contributed by atoms with Crippen LogP contribution in [0.3, 0.4) is 0 Å². The summed E-state index contributed by atoms with van der Waals surface area (Å²) in [6, 6.07) is 8.19. The first-order chi connectivity index (χ1) is 9.21. The first-order valence-electron chi connectivity index (χ1n) is 7.06. The van der Waals surface area contributed by atoms with Crippen molar-refractivity contribution in [2.45, 2.75) is 27.2 Å². The summed E-state index contributed by atoms with van der Waals surface area (Å²) in [7, 11) is 0. The van der Waals surface area contributed by atoms with Crippen molar-refractivity contribution in [1.29, 1.82) is 0 Å². The topological polar surface area (TPSA) is 44.4 Å². The van der Waals surface area contributed by atoms with Crippen LogP contribution >= 0.6 is 0 Å². The molecule has 1 aromatic carbocycles. The van der Waals surface area contributed by atoms with Crippen LogP contribution in [-0.2, 0) is 4.79 Å². The minimum absolute atomic E-state index is 0.0367. The molecule has 4 heteroatoms. The number of hydrogen-bond acceptors (Lipinski definition) is 3. The summed E-state index contributed by atoms with van der Waals surface area (Å²) >= 11 is 0. The van der Waals surface area contributed by atoms with Gasteiger partial charge < -0.3 is 15.5 Å². The molecule has 0 aliphatic heterocycles. The number of nitrogens with zero attached hydrogens (tertiary/aromatic N) is 1. The molecule has 0 fully saturated rings. The summed E-state index contributed by atoms with van der Waals surface area (Å²) in [5, 5.41) is 5.97. The predicted octanol–water partition coefficient (Wildman–Crippen LogP) is 2.47. The minimum Gasteiger partial charge on any atom is -0.376 e. The molecule has 0 saturated carbocycles. The highest BCUT2D eigenvalue weighted by molar-refractivity contribution is 5.80. The number of benzene rings is 1. The average molecular weight is 263 g/mol. The number of carbonyl (C=O) groups excluding carboxylic acids is 1. The number of nitrogens with one attached hydrogen (secondary N) is 2. The van der Waals surface area contributed by atoms with E-state index in [0.717, 1.165) is 31.7 Å². The molecule has 4 nitrogen and oxygen atoms in total. The summed E-state index contributed by atoms with van der Waals surface area (Å²) in [6.45, 7) is 9.40. The highest BCUT2D eigenvalue weighted by Gasteiger charge is 2.02. The van der Waals surface area contributed by atoms with Crippen LogP contribution in [0.2, 0.25) is 0 Å². The quantitative estimate of drug-likeness (QED) is 0.757. The summed E-state index contributed by atoms with van der Waals surface area (Å²) in [4.78, 5) is 13.8. The van der Waals surface area contributed by atoms with Crippen LogP contribution in [-0.4, -0.2) is 32.1 Å². The zero-order chi connectivity index (χ0) is 14.1. The van der Waals surface area contributed by atoms with E-state index in [1.54, 1.807) is 0 Å². The molecule has 0 saturated heterocycles. The lowest BCUT2D eigenvalue weighted by atomic mass is 10.2. The molecule has 1 amide bonds. The molecule has 0 bridgehead atoms. The number of anilines is 2. The van der Waals surface area contributed by atoms with Crippen LogP contribution in [0, 0.1) is 0 Å². The monoisotopic (exact) mass is 263 g/mol.